The van der Waals surface area contributed by atoms with Gasteiger partial charge < -0.3 is 24.3 Å². The predicted molar refractivity (Wildman–Crippen MR) is 166 cm³/mol. The molecule has 2 unspecified atom stereocenters. The fourth-order valence-electron chi connectivity index (χ4n) is 5.47. The van der Waals surface area contributed by atoms with Crippen molar-refractivity contribution in [1.82, 2.24) is 19.8 Å². The summed E-state index contributed by atoms with van der Waals surface area (Å²) in [6, 6.07) is 29.6. The Morgan fingerprint density at radius 1 is 0.977 bits per heavy atom. The van der Waals surface area contributed by atoms with Crippen LogP contribution >= 0.6 is 0 Å². The molecule has 2 atom stereocenters. The molecule has 2 amide bonds. The van der Waals surface area contributed by atoms with Gasteiger partial charge in [0.25, 0.3) is 0 Å². The topological polar surface area (TPSA) is 85.7 Å². The second-order valence-electron chi connectivity index (χ2n) is 12.0. The molecule has 1 aliphatic heterocycles. The summed E-state index contributed by atoms with van der Waals surface area (Å²) in [5.74, 6) is 0.823. The van der Waals surface area contributed by atoms with Crippen LogP contribution in [0.3, 0.4) is 0 Å². The van der Waals surface area contributed by atoms with Crippen molar-refractivity contribution >= 4 is 12.0 Å². The molecule has 0 bridgehead atoms. The van der Waals surface area contributed by atoms with Gasteiger partial charge in [-0.05, 0) is 16.5 Å². The quantitative estimate of drug-likeness (QED) is 0.254. The Hall–Kier alpha value is -4.43. The lowest BCUT2D eigenvalue weighted by Crippen LogP contribution is -2.47. The third kappa shape index (κ3) is 7.90. The number of rotatable bonds is 9. The van der Waals surface area contributed by atoms with Crippen LogP contribution in [0.2, 0.25) is 0 Å². The minimum absolute atomic E-state index is 0.00426. The van der Waals surface area contributed by atoms with Gasteiger partial charge in [-0.1, -0.05) is 112 Å². The lowest BCUT2D eigenvalue weighted by atomic mass is 9.84. The average Bonchev–Trinajstić information content (AvgIpc) is 3.32. The van der Waals surface area contributed by atoms with Crippen molar-refractivity contribution < 1.29 is 19.1 Å². The molecule has 2 heterocycles. The average molecular weight is 581 g/mol. The first kappa shape index (κ1) is 30.0. The molecule has 8 heteroatoms. The summed E-state index contributed by atoms with van der Waals surface area (Å²) in [5.41, 5.74) is 3.59. The monoisotopic (exact) mass is 580 g/mol. The number of carbonyl (C=O) groups is 2. The number of benzene rings is 3. The molecule has 0 saturated carbocycles. The molecule has 1 saturated heterocycles. The van der Waals surface area contributed by atoms with E-state index < -0.39 is 12.2 Å². The van der Waals surface area contributed by atoms with Crippen LogP contribution in [0.5, 0.6) is 0 Å². The SMILES string of the molecule is CC(C)(C)C(c1nc(-c2ccccc2)cn1Cc1ccccc1)N1CC(CNC(=O)OCc2ccccc2)OCCC1=O. The second kappa shape index (κ2) is 13.7. The van der Waals surface area contributed by atoms with Crippen LogP contribution in [-0.4, -0.2) is 52.3 Å². The van der Waals surface area contributed by atoms with Gasteiger partial charge in [-0.3, -0.25) is 4.79 Å². The number of aromatic nitrogens is 2. The second-order valence-corrected chi connectivity index (χ2v) is 12.0. The molecule has 1 fully saturated rings. The van der Waals surface area contributed by atoms with E-state index in [1.165, 1.54) is 0 Å². The third-order valence-electron chi connectivity index (χ3n) is 7.53. The van der Waals surface area contributed by atoms with E-state index in [1.54, 1.807) is 0 Å². The highest BCUT2D eigenvalue weighted by atomic mass is 16.5. The smallest absolute Gasteiger partial charge is 0.407 e. The van der Waals surface area contributed by atoms with Crippen LogP contribution < -0.4 is 5.32 Å². The van der Waals surface area contributed by atoms with Crippen LogP contribution in [-0.2, 0) is 27.4 Å². The largest absolute Gasteiger partial charge is 0.445 e. The molecule has 224 valence electrons. The number of imidazole rings is 1. The summed E-state index contributed by atoms with van der Waals surface area (Å²) in [6.07, 6.45) is 1.42. The maximum Gasteiger partial charge on any atom is 0.407 e. The molecule has 1 aromatic heterocycles. The van der Waals surface area contributed by atoms with Gasteiger partial charge in [-0.2, -0.15) is 0 Å². The summed E-state index contributed by atoms with van der Waals surface area (Å²) in [7, 11) is 0. The third-order valence-corrected chi connectivity index (χ3v) is 7.53. The molecule has 1 aliphatic rings. The van der Waals surface area contributed by atoms with E-state index in [-0.39, 0.29) is 43.5 Å². The van der Waals surface area contributed by atoms with Gasteiger partial charge in [0, 0.05) is 31.4 Å². The van der Waals surface area contributed by atoms with Crippen LogP contribution in [0.15, 0.2) is 97.2 Å². The zero-order valence-corrected chi connectivity index (χ0v) is 25.1. The van der Waals surface area contributed by atoms with Crippen molar-refractivity contribution in [2.75, 3.05) is 19.7 Å². The van der Waals surface area contributed by atoms with Crippen LogP contribution in [0.1, 0.15) is 50.2 Å². The van der Waals surface area contributed by atoms with Crippen molar-refractivity contribution in [3.8, 4) is 11.3 Å². The lowest BCUT2D eigenvalue weighted by molar-refractivity contribution is -0.136. The highest BCUT2D eigenvalue weighted by Gasteiger charge is 2.40. The highest BCUT2D eigenvalue weighted by Crippen LogP contribution is 2.40. The van der Waals surface area contributed by atoms with E-state index in [1.807, 2.05) is 71.6 Å². The molecule has 43 heavy (non-hydrogen) atoms. The molecule has 0 radical (unpaired) electrons. The van der Waals surface area contributed by atoms with Crippen molar-refractivity contribution in [1.29, 1.82) is 0 Å². The van der Waals surface area contributed by atoms with Crippen LogP contribution in [0.25, 0.3) is 11.3 Å². The zero-order chi connectivity index (χ0) is 30.2. The molecular formula is C35H40N4O4. The van der Waals surface area contributed by atoms with Gasteiger partial charge in [-0.15, -0.1) is 0 Å². The van der Waals surface area contributed by atoms with Crippen LogP contribution in [0, 0.1) is 5.41 Å². The summed E-state index contributed by atoms with van der Waals surface area (Å²) < 4.78 is 13.6. The Bertz CT molecular complexity index is 1480. The van der Waals surface area contributed by atoms with Crippen LogP contribution in [0.4, 0.5) is 4.79 Å². The first-order valence-electron chi connectivity index (χ1n) is 14.8. The summed E-state index contributed by atoms with van der Waals surface area (Å²) in [6.45, 7) is 8.03. The number of amides is 2. The Kier molecular flexibility index (Phi) is 9.57. The number of carbonyl (C=O) groups excluding carboxylic acids is 2. The Balaban J connectivity index is 1.39. The molecule has 1 N–H and O–H groups in total. The Morgan fingerprint density at radius 2 is 1.60 bits per heavy atom. The van der Waals surface area contributed by atoms with Gasteiger partial charge in [-0.25, -0.2) is 9.78 Å². The summed E-state index contributed by atoms with van der Waals surface area (Å²) in [5, 5.41) is 2.83. The van der Waals surface area contributed by atoms with E-state index in [9.17, 15) is 9.59 Å². The molecule has 3 aromatic carbocycles. The van der Waals surface area contributed by atoms with Gasteiger partial charge in [0.1, 0.15) is 12.4 Å². The van der Waals surface area contributed by atoms with E-state index in [4.69, 9.17) is 14.5 Å². The maximum absolute atomic E-state index is 13.7. The molecule has 8 nitrogen and oxygen atoms in total. The van der Waals surface area contributed by atoms with Gasteiger partial charge in [0.2, 0.25) is 5.91 Å². The molecule has 4 aromatic rings. The van der Waals surface area contributed by atoms with Crippen molar-refractivity contribution in [3.63, 3.8) is 0 Å². The molecular weight excluding hydrogens is 540 g/mol. The van der Waals surface area contributed by atoms with E-state index in [0.29, 0.717) is 13.1 Å². The summed E-state index contributed by atoms with van der Waals surface area (Å²) >= 11 is 0. The van der Waals surface area contributed by atoms with Crippen molar-refractivity contribution in [3.05, 3.63) is 114 Å². The molecule has 0 spiro atoms. The fourth-order valence-corrected chi connectivity index (χ4v) is 5.47. The van der Waals surface area contributed by atoms with Gasteiger partial charge in [0.05, 0.1) is 30.9 Å². The minimum atomic E-state index is -0.521. The number of nitrogens with zero attached hydrogens (tertiary/aromatic N) is 3. The number of hydrogen-bond donors (Lipinski definition) is 1. The Morgan fingerprint density at radius 3 is 2.26 bits per heavy atom. The first-order valence-corrected chi connectivity index (χ1v) is 14.8. The standard InChI is InChI=1S/C35H40N4O4/c1-35(2,3)32(33-37-30(28-17-11-6-12-18-28)24-38(33)22-26-13-7-4-8-14-26)39-23-29(42-20-19-31(39)40)21-36-34(41)43-25-27-15-9-5-10-16-27/h4-18,24,29,32H,19-23,25H2,1-3H3,(H,36,41). The van der Waals surface area contributed by atoms with Gasteiger partial charge >= 0.3 is 6.09 Å². The van der Waals surface area contributed by atoms with Gasteiger partial charge in [0.15, 0.2) is 0 Å². The summed E-state index contributed by atoms with van der Waals surface area (Å²) in [4.78, 5) is 33.2. The highest BCUT2D eigenvalue weighted by molar-refractivity contribution is 5.77. The van der Waals surface area contributed by atoms with Crippen molar-refractivity contribution in [2.45, 2.75) is 52.5 Å². The number of nitrogens with one attached hydrogen (secondary N) is 1. The number of hydrogen-bond acceptors (Lipinski definition) is 5. The zero-order valence-electron chi connectivity index (χ0n) is 25.1. The van der Waals surface area contributed by atoms with Crippen molar-refractivity contribution in [2.24, 2.45) is 5.41 Å². The number of alkyl carbamates (subject to hydrolysis) is 1. The van der Waals surface area contributed by atoms with E-state index in [2.05, 4.69) is 61.1 Å². The van der Waals surface area contributed by atoms with E-state index >= 15 is 0 Å². The Labute approximate surface area is 253 Å². The lowest BCUT2D eigenvalue weighted by Gasteiger charge is -2.40. The minimum Gasteiger partial charge on any atom is -0.445 e. The predicted octanol–water partition coefficient (Wildman–Crippen LogP) is 6.23. The maximum atomic E-state index is 13.7. The molecule has 5 rings (SSSR count). The number of ether oxygens (including phenoxy) is 2. The normalized spacial score (nSPS) is 16.4. The first-order chi connectivity index (χ1) is 20.8. The molecule has 0 aliphatic carbocycles. The fraction of sp³-hybridized carbons (Fsp3) is 0.343. The van der Waals surface area contributed by atoms with E-state index in [0.717, 1.165) is 28.2 Å².